The third-order valence-corrected chi connectivity index (χ3v) is 1.60. The number of azide groups is 1. The molecule has 6 heteroatoms. The van der Waals surface area contributed by atoms with Gasteiger partial charge < -0.3 is 4.57 Å². The number of hydrogen-bond donors (Lipinski definition) is 0. The molecule has 0 unspecified atom stereocenters. The summed E-state index contributed by atoms with van der Waals surface area (Å²) in [6, 6.07) is 0. The zero-order valence-corrected chi connectivity index (χ0v) is 7.48. The number of halogens is 1. The van der Waals surface area contributed by atoms with Gasteiger partial charge in [-0.3, -0.25) is 0 Å². The first-order valence-electron chi connectivity index (χ1n) is 2.92. The first kappa shape index (κ1) is 8.10. The maximum absolute atomic E-state index is 8.03. The monoisotopic (exact) mass is 215 g/mol. The van der Waals surface area contributed by atoms with Crippen LogP contribution in [-0.4, -0.2) is 9.55 Å². The Morgan fingerprint density at radius 1 is 1.91 bits per heavy atom. The maximum atomic E-state index is 8.03. The molecule has 5 nitrogen and oxygen atoms in total. The van der Waals surface area contributed by atoms with Crippen LogP contribution in [0.1, 0.15) is 5.82 Å². The Morgan fingerprint density at radius 2 is 2.64 bits per heavy atom. The molecule has 0 saturated heterocycles. The van der Waals surface area contributed by atoms with Crippen LogP contribution < -0.4 is 0 Å². The normalized spacial score (nSPS) is 9.27. The van der Waals surface area contributed by atoms with Crippen molar-refractivity contribution in [3.8, 4) is 0 Å². The van der Waals surface area contributed by atoms with Gasteiger partial charge in [-0.2, -0.15) is 0 Å². The number of nitrogens with zero attached hydrogens (tertiary/aromatic N) is 5. The van der Waals surface area contributed by atoms with Crippen LogP contribution in [0.15, 0.2) is 15.9 Å². The van der Waals surface area contributed by atoms with Crippen molar-refractivity contribution >= 4 is 15.9 Å². The predicted molar refractivity (Wildman–Crippen MR) is 43.8 cm³/mol. The molecule has 11 heavy (non-hydrogen) atoms. The average molecular weight is 216 g/mol. The molecular formula is C5H6BrN5. The fourth-order valence-corrected chi connectivity index (χ4v) is 1.22. The van der Waals surface area contributed by atoms with Crippen molar-refractivity contribution < 1.29 is 0 Å². The molecule has 0 amide bonds. The van der Waals surface area contributed by atoms with Gasteiger partial charge in [0, 0.05) is 18.2 Å². The number of hydrogen-bond acceptors (Lipinski definition) is 2. The summed E-state index contributed by atoms with van der Waals surface area (Å²) >= 11 is 3.21. The molecule has 58 valence electrons. The first-order valence-corrected chi connectivity index (χ1v) is 3.72. The van der Waals surface area contributed by atoms with Crippen molar-refractivity contribution in [2.75, 3.05) is 0 Å². The van der Waals surface area contributed by atoms with Gasteiger partial charge in [-0.15, -0.1) is 0 Å². The summed E-state index contributed by atoms with van der Waals surface area (Å²) in [5.74, 6) is 0.745. The molecule has 0 fully saturated rings. The summed E-state index contributed by atoms with van der Waals surface area (Å²) < 4.78 is 2.56. The van der Waals surface area contributed by atoms with Gasteiger partial charge in [-0.1, -0.05) is 5.11 Å². The molecule has 1 heterocycles. The van der Waals surface area contributed by atoms with E-state index in [0.717, 1.165) is 10.4 Å². The smallest absolute Gasteiger partial charge is 0.124 e. The van der Waals surface area contributed by atoms with E-state index >= 15 is 0 Å². The Morgan fingerprint density at radius 3 is 3.09 bits per heavy atom. The molecule has 0 spiro atoms. The van der Waals surface area contributed by atoms with E-state index < -0.39 is 0 Å². The van der Waals surface area contributed by atoms with E-state index in [1.807, 2.05) is 13.2 Å². The van der Waals surface area contributed by atoms with E-state index in [1.165, 1.54) is 0 Å². The molecular weight excluding hydrogens is 210 g/mol. The Kier molecular flexibility index (Phi) is 2.51. The van der Waals surface area contributed by atoms with E-state index in [9.17, 15) is 0 Å². The van der Waals surface area contributed by atoms with E-state index in [1.54, 1.807) is 4.57 Å². The van der Waals surface area contributed by atoms with Crippen molar-refractivity contribution in [1.82, 2.24) is 9.55 Å². The molecule has 0 aliphatic carbocycles. The molecule has 0 aliphatic heterocycles. The van der Waals surface area contributed by atoms with Crippen molar-refractivity contribution in [2.45, 2.75) is 6.54 Å². The summed E-state index contributed by atoms with van der Waals surface area (Å²) in [5.41, 5.74) is 8.03. The zero-order chi connectivity index (χ0) is 8.27. The highest BCUT2D eigenvalue weighted by molar-refractivity contribution is 9.10. The highest BCUT2D eigenvalue weighted by atomic mass is 79.9. The van der Waals surface area contributed by atoms with Crippen LogP contribution in [-0.2, 0) is 13.6 Å². The molecule has 1 aromatic heterocycles. The third-order valence-electron chi connectivity index (χ3n) is 1.22. The highest BCUT2D eigenvalue weighted by Gasteiger charge is 1.99. The van der Waals surface area contributed by atoms with Crippen molar-refractivity contribution in [3.63, 3.8) is 0 Å². The second-order valence-corrected chi connectivity index (χ2v) is 2.79. The third kappa shape index (κ3) is 1.96. The fraction of sp³-hybridized carbons (Fsp3) is 0.400. The number of aryl methyl sites for hydroxylation is 1. The van der Waals surface area contributed by atoms with Crippen molar-refractivity contribution in [2.24, 2.45) is 12.2 Å². The Hall–Kier alpha value is -1.00. The summed E-state index contributed by atoms with van der Waals surface area (Å²) in [4.78, 5) is 6.70. The molecule has 0 bridgehead atoms. The van der Waals surface area contributed by atoms with Crippen LogP contribution >= 0.6 is 15.9 Å². The maximum Gasteiger partial charge on any atom is 0.124 e. The van der Waals surface area contributed by atoms with Crippen molar-refractivity contribution in [3.05, 3.63) is 27.1 Å². The van der Waals surface area contributed by atoms with Crippen LogP contribution in [0, 0.1) is 0 Å². The molecule has 0 atom stereocenters. The molecule has 0 radical (unpaired) electrons. The lowest BCUT2D eigenvalue weighted by Crippen LogP contribution is -1.93. The number of rotatable bonds is 2. The van der Waals surface area contributed by atoms with Gasteiger partial charge in [0.05, 0.1) is 6.54 Å². The minimum absolute atomic E-state index is 0.290. The summed E-state index contributed by atoms with van der Waals surface area (Å²) in [5, 5.41) is 3.39. The van der Waals surface area contributed by atoms with Gasteiger partial charge in [0.15, 0.2) is 0 Å². The van der Waals surface area contributed by atoms with Gasteiger partial charge in [-0.25, -0.2) is 4.98 Å². The van der Waals surface area contributed by atoms with E-state index in [-0.39, 0.29) is 0 Å². The highest BCUT2D eigenvalue weighted by Crippen LogP contribution is 2.08. The molecule has 0 saturated carbocycles. The largest absolute Gasteiger partial charge is 0.337 e. The predicted octanol–water partition coefficient (Wildman–Crippen LogP) is 1.99. The summed E-state index contributed by atoms with van der Waals surface area (Å²) in [7, 11) is 1.85. The summed E-state index contributed by atoms with van der Waals surface area (Å²) in [6.45, 7) is 0.290. The second-order valence-electron chi connectivity index (χ2n) is 1.98. The Labute approximate surface area is 71.8 Å². The quantitative estimate of drug-likeness (QED) is 0.423. The molecule has 0 aliphatic rings. The van der Waals surface area contributed by atoms with Crippen LogP contribution in [0.2, 0.25) is 0 Å². The molecule has 1 rings (SSSR count). The van der Waals surface area contributed by atoms with Gasteiger partial charge in [-0.05, 0) is 21.5 Å². The van der Waals surface area contributed by atoms with Gasteiger partial charge in [0.2, 0.25) is 0 Å². The minimum Gasteiger partial charge on any atom is -0.337 e. The van der Waals surface area contributed by atoms with E-state index in [4.69, 9.17) is 5.53 Å². The lowest BCUT2D eigenvalue weighted by Gasteiger charge is -1.92. The number of imidazole rings is 1. The molecule has 0 N–H and O–H groups in total. The fourth-order valence-electron chi connectivity index (χ4n) is 0.707. The summed E-state index contributed by atoms with van der Waals surface area (Å²) in [6.07, 6.45) is 1.81. The van der Waals surface area contributed by atoms with Crippen LogP contribution in [0.3, 0.4) is 0 Å². The number of aromatic nitrogens is 2. The van der Waals surface area contributed by atoms with Crippen LogP contribution in [0.4, 0.5) is 0 Å². The van der Waals surface area contributed by atoms with Gasteiger partial charge >= 0.3 is 0 Å². The second kappa shape index (κ2) is 3.41. The first-order chi connectivity index (χ1) is 5.24. The average Bonchev–Trinajstić information content (AvgIpc) is 2.26. The standard InChI is InChI=1S/C5H6BrN5/c1-11-3-4(6)9-5(11)2-8-10-7/h3H,2H2,1H3. The molecule has 1 aromatic rings. The topological polar surface area (TPSA) is 66.6 Å². The Bertz CT molecular complexity index is 298. The van der Waals surface area contributed by atoms with Crippen LogP contribution in [0.5, 0.6) is 0 Å². The van der Waals surface area contributed by atoms with Crippen molar-refractivity contribution in [1.29, 1.82) is 0 Å². The van der Waals surface area contributed by atoms with Gasteiger partial charge in [0.25, 0.3) is 0 Å². The minimum atomic E-state index is 0.290. The Balaban J connectivity index is 2.85. The van der Waals surface area contributed by atoms with Crippen LogP contribution in [0.25, 0.3) is 10.4 Å². The SMILES string of the molecule is Cn1cc(Br)nc1CN=[N+]=[N-]. The lowest BCUT2D eigenvalue weighted by molar-refractivity contribution is 0.790. The van der Waals surface area contributed by atoms with E-state index in [0.29, 0.717) is 6.54 Å². The van der Waals surface area contributed by atoms with Gasteiger partial charge in [0.1, 0.15) is 10.4 Å². The lowest BCUT2D eigenvalue weighted by atomic mass is 10.6. The molecule has 0 aromatic carbocycles. The van der Waals surface area contributed by atoms with E-state index in [2.05, 4.69) is 30.9 Å². The zero-order valence-electron chi connectivity index (χ0n) is 5.90.